The van der Waals surface area contributed by atoms with E-state index in [2.05, 4.69) is 29.2 Å². The van der Waals surface area contributed by atoms with Gasteiger partial charge < -0.3 is 4.74 Å². The number of nitrogens with zero attached hydrogens (tertiary/aromatic N) is 1. The Balaban J connectivity index is 1.38. The Morgan fingerprint density at radius 3 is 2.45 bits per heavy atom. The van der Waals surface area contributed by atoms with Crippen molar-refractivity contribution in [3.63, 3.8) is 0 Å². The Labute approximate surface area is 186 Å². The number of methoxy groups -OCH3 is 1. The molecule has 162 valence electrons. The van der Waals surface area contributed by atoms with E-state index in [1.54, 1.807) is 11.8 Å². The van der Waals surface area contributed by atoms with Gasteiger partial charge in [-0.15, -0.1) is 23.1 Å². The summed E-state index contributed by atoms with van der Waals surface area (Å²) in [6.07, 6.45) is -3.50. The molecule has 2 atom stereocenters. The van der Waals surface area contributed by atoms with Crippen LogP contribution in [0.1, 0.15) is 34.0 Å². The van der Waals surface area contributed by atoms with E-state index in [1.165, 1.54) is 30.6 Å². The van der Waals surface area contributed by atoms with Crippen molar-refractivity contribution in [1.29, 1.82) is 0 Å². The lowest BCUT2D eigenvalue weighted by Crippen LogP contribution is -2.03. The maximum absolute atomic E-state index is 12.8. The number of hydrogen-bond donors (Lipinski definition) is 0. The van der Waals surface area contributed by atoms with Gasteiger partial charge in [0.1, 0.15) is 5.01 Å². The molecule has 1 aromatic heterocycles. The SMILES string of the molecule is COC(=O)C1C[C@H]1c1ccc(SCc2sc(-c3ccc(C(F)(F)F)cc3)nc2C)cc1. The van der Waals surface area contributed by atoms with E-state index in [-0.39, 0.29) is 17.8 Å². The predicted molar refractivity (Wildman–Crippen MR) is 116 cm³/mol. The van der Waals surface area contributed by atoms with Gasteiger partial charge in [0.15, 0.2) is 0 Å². The van der Waals surface area contributed by atoms with Crippen LogP contribution in [0.3, 0.4) is 0 Å². The van der Waals surface area contributed by atoms with Crippen LogP contribution in [0, 0.1) is 12.8 Å². The van der Waals surface area contributed by atoms with E-state index < -0.39 is 11.7 Å². The van der Waals surface area contributed by atoms with Gasteiger partial charge in [0.2, 0.25) is 0 Å². The van der Waals surface area contributed by atoms with Crippen LogP contribution >= 0.6 is 23.1 Å². The van der Waals surface area contributed by atoms with E-state index in [4.69, 9.17) is 4.74 Å². The molecule has 0 aliphatic heterocycles. The minimum Gasteiger partial charge on any atom is -0.469 e. The highest BCUT2D eigenvalue weighted by Gasteiger charge is 2.44. The minimum absolute atomic E-state index is 0.0213. The number of benzene rings is 2. The summed E-state index contributed by atoms with van der Waals surface area (Å²) < 4.78 is 43.1. The van der Waals surface area contributed by atoms with Crippen molar-refractivity contribution in [2.75, 3.05) is 7.11 Å². The number of rotatable bonds is 6. The minimum atomic E-state index is -4.34. The molecule has 31 heavy (non-hydrogen) atoms. The highest BCUT2D eigenvalue weighted by Crippen LogP contribution is 2.48. The molecule has 1 fully saturated rings. The first-order valence-corrected chi connectivity index (χ1v) is 11.5. The molecule has 0 N–H and O–H groups in total. The summed E-state index contributed by atoms with van der Waals surface area (Å²) in [6, 6.07) is 13.3. The summed E-state index contributed by atoms with van der Waals surface area (Å²) in [5.74, 6) is 0.819. The van der Waals surface area contributed by atoms with E-state index in [1.807, 2.05) is 6.92 Å². The van der Waals surface area contributed by atoms with Gasteiger partial charge in [-0.3, -0.25) is 4.79 Å². The molecule has 8 heteroatoms. The average Bonchev–Trinajstić information content (AvgIpc) is 3.47. The first-order valence-electron chi connectivity index (χ1n) is 9.71. The molecule has 0 amide bonds. The van der Waals surface area contributed by atoms with E-state index in [0.717, 1.165) is 50.3 Å². The highest BCUT2D eigenvalue weighted by molar-refractivity contribution is 7.98. The van der Waals surface area contributed by atoms with Crippen molar-refractivity contribution in [3.8, 4) is 10.6 Å². The van der Waals surface area contributed by atoms with Gasteiger partial charge in [0.25, 0.3) is 0 Å². The molecule has 4 rings (SSSR count). The summed E-state index contributed by atoms with van der Waals surface area (Å²) >= 11 is 3.19. The molecule has 0 saturated heterocycles. The zero-order chi connectivity index (χ0) is 22.2. The molecule has 0 bridgehead atoms. The van der Waals surface area contributed by atoms with E-state index >= 15 is 0 Å². The van der Waals surface area contributed by atoms with Crippen molar-refractivity contribution in [2.24, 2.45) is 5.92 Å². The van der Waals surface area contributed by atoms with Gasteiger partial charge in [0, 0.05) is 21.1 Å². The fourth-order valence-corrected chi connectivity index (χ4v) is 5.53. The topological polar surface area (TPSA) is 39.2 Å². The molecular weight excluding hydrogens is 443 g/mol. The zero-order valence-corrected chi connectivity index (χ0v) is 18.5. The third-order valence-corrected chi connectivity index (χ3v) is 7.75. The van der Waals surface area contributed by atoms with Crippen LogP contribution in [0.5, 0.6) is 0 Å². The molecule has 3 aromatic rings. The summed E-state index contributed by atoms with van der Waals surface area (Å²) in [6.45, 7) is 1.92. The molecule has 1 unspecified atom stereocenters. The second kappa shape index (κ2) is 8.67. The molecular formula is C23H20F3NO2S2. The Bertz CT molecular complexity index is 1080. The first-order chi connectivity index (χ1) is 14.8. The Hall–Kier alpha value is -2.32. The fourth-order valence-electron chi connectivity index (χ4n) is 3.42. The number of thioether (sulfide) groups is 1. The molecule has 1 aliphatic carbocycles. The van der Waals surface area contributed by atoms with Crippen LogP contribution in [-0.4, -0.2) is 18.1 Å². The summed E-state index contributed by atoms with van der Waals surface area (Å²) in [5.41, 5.74) is 2.07. The molecule has 3 nitrogen and oxygen atoms in total. The lowest BCUT2D eigenvalue weighted by Gasteiger charge is -2.06. The molecule has 1 heterocycles. The first kappa shape index (κ1) is 21.9. The van der Waals surface area contributed by atoms with Crippen LogP contribution < -0.4 is 0 Å². The standard InChI is InChI=1S/C23H20F3NO2S2/c1-13-20(31-21(27-13)15-3-7-16(8-4-15)23(24,25)26)12-30-17-9-5-14(6-10-17)18-11-19(18)22(28)29-2/h3-10,18-19H,11-12H2,1-2H3/t18-,19?/m0/s1. The number of alkyl halides is 3. The average molecular weight is 464 g/mol. The number of carbonyl (C=O) groups is 1. The largest absolute Gasteiger partial charge is 0.469 e. The van der Waals surface area contributed by atoms with Crippen molar-refractivity contribution in [2.45, 2.75) is 36.1 Å². The monoisotopic (exact) mass is 463 g/mol. The molecule has 0 spiro atoms. The number of thiazole rings is 1. The number of esters is 1. The highest BCUT2D eigenvalue weighted by atomic mass is 32.2. The Kier molecular flexibility index (Phi) is 6.12. The maximum Gasteiger partial charge on any atom is 0.416 e. The number of halogens is 3. The van der Waals surface area contributed by atoms with Crippen molar-refractivity contribution >= 4 is 29.1 Å². The number of carbonyl (C=O) groups excluding carboxylic acids is 1. The van der Waals surface area contributed by atoms with Gasteiger partial charge in [-0.05, 0) is 49.1 Å². The van der Waals surface area contributed by atoms with E-state index in [9.17, 15) is 18.0 Å². The molecule has 2 aromatic carbocycles. The van der Waals surface area contributed by atoms with E-state index in [0.29, 0.717) is 5.56 Å². The van der Waals surface area contributed by atoms with Crippen molar-refractivity contribution < 1.29 is 22.7 Å². The van der Waals surface area contributed by atoms with Crippen LogP contribution in [0.25, 0.3) is 10.6 Å². The number of aryl methyl sites for hydroxylation is 1. The van der Waals surface area contributed by atoms with Crippen molar-refractivity contribution in [3.05, 3.63) is 70.2 Å². The summed E-state index contributed by atoms with van der Waals surface area (Å²) in [5, 5.41) is 0.722. The van der Waals surface area contributed by atoms with Gasteiger partial charge in [-0.25, -0.2) is 4.98 Å². The quantitative estimate of drug-likeness (QED) is 0.301. The second-order valence-corrected chi connectivity index (χ2v) is 9.56. The third kappa shape index (κ3) is 4.96. The van der Waals surface area contributed by atoms with Crippen LogP contribution in [0.2, 0.25) is 0 Å². The zero-order valence-electron chi connectivity index (χ0n) is 16.9. The lowest BCUT2D eigenvalue weighted by atomic mass is 10.1. The van der Waals surface area contributed by atoms with Gasteiger partial charge >= 0.3 is 12.1 Å². The van der Waals surface area contributed by atoms with Gasteiger partial charge in [-0.1, -0.05) is 24.3 Å². The number of aromatic nitrogens is 1. The van der Waals surface area contributed by atoms with Gasteiger partial charge in [-0.2, -0.15) is 13.2 Å². The maximum atomic E-state index is 12.8. The predicted octanol–water partition coefficient (Wildman–Crippen LogP) is 6.71. The van der Waals surface area contributed by atoms with Crippen LogP contribution in [0.15, 0.2) is 53.4 Å². The second-order valence-electron chi connectivity index (χ2n) is 7.43. The molecule has 1 saturated carbocycles. The number of ether oxygens (including phenoxy) is 1. The van der Waals surface area contributed by atoms with Crippen molar-refractivity contribution in [1.82, 2.24) is 4.98 Å². The molecule has 1 aliphatic rings. The normalized spacial score (nSPS) is 18.1. The summed E-state index contributed by atoms with van der Waals surface area (Å²) in [7, 11) is 1.42. The summed E-state index contributed by atoms with van der Waals surface area (Å²) in [4.78, 5) is 18.4. The molecule has 0 radical (unpaired) electrons. The Morgan fingerprint density at radius 2 is 1.84 bits per heavy atom. The lowest BCUT2D eigenvalue weighted by molar-refractivity contribution is -0.142. The Morgan fingerprint density at radius 1 is 1.16 bits per heavy atom. The van der Waals surface area contributed by atoms with Crippen LogP contribution in [0.4, 0.5) is 13.2 Å². The van der Waals surface area contributed by atoms with Gasteiger partial charge in [0.05, 0.1) is 24.3 Å². The smallest absolute Gasteiger partial charge is 0.416 e. The third-order valence-electron chi connectivity index (χ3n) is 5.32. The fraction of sp³-hybridized carbons (Fsp3) is 0.304. The number of hydrogen-bond acceptors (Lipinski definition) is 5. The van der Waals surface area contributed by atoms with Crippen LogP contribution in [-0.2, 0) is 21.5 Å².